The molecule has 7 heteroatoms. The number of amides is 1. The second-order valence-corrected chi connectivity index (χ2v) is 8.53. The van der Waals surface area contributed by atoms with Crippen LogP contribution < -0.4 is 5.32 Å². The van der Waals surface area contributed by atoms with Gasteiger partial charge in [-0.15, -0.1) is 11.3 Å². The van der Waals surface area contributed by atoms with Crippen molar-refractivity contribution < 1.29 is 18.8 Å². The number of benzene rings is 1. The van der Waals surface area contributed by atoms with Gasteiger partial charge in [0.05, 0.1) is 18.6 Å². The maximum absolute atomic E-state index is 12.8. The Morgan fingerprint density at radius 3 is 2.76 bits per heavy atom. The van der Waals surface area contributed by atoms with Crippen LogP contribution in [0.5, 0.6) is 0 Å². The Bertz CT molecular complexity index is 1100. The van der Waals surface area contributed by atoms with Crippen molar-refractivity contribution in [1.82, 2.24) is 5.16 Å². The lowest BCUT2D eigenvalue weighted by molar-refractivity contribution is -0.115. The molecule has 6 nitrogen and oxygen atoms in total. The predicted molar refractivity (Wildman–Crippen MR) is 113 cm³/mol. The number of hydrogen-bond acceptors (Lipinski definition) is 6. The third kappa shape index (κ3) is 3.79. The lowest BCUT2D eigenvalue weighted by Crippen LogP contribution is -2.17. The van der Waals surface area contributed by atoms with Gasteiger partial charge in [0.25, 0.3) is 0 Å². The molecule has 0 saturated carbocycles. The van der Waals surface area contributed by atoms with Gasteiger partial charge in [-0.05, 0) is 75.3 Å². The van der Waals surface area contributed by atoms with E-state index < -0.39 is 0 Å². The largest absolute Gasteiger partial charge is 0.462 e. The zero-order chi connectivity index (χ0) is 20.5. The maximum Gasteiger partial charge on any atom is 0.341 e. The minimum absolute atomic E-state index is 0.0837. The molecule has 1 aliphatic carbocycles. The SMILES string of the molecule is CCOC(=O)c1c(NC(=O)Cc2noc3cc(C)c(C)cc23)sc2c1CCCC2. The summed E-state index contributed by atoms with van der Waals surface area (Å²) < 4.78 is 10.6. The molecule has 0 unspecified atom stereocenters. The van der Waals surface area contributed by atoms with Crippen LogP contribution >= 0.6 is 11.3 Å². The van der Waals surface area contributed by atoms with Crippen molar-refractivity contribution in [3.05, 3.63) is 45.0 Å². The molecule has 152 valence electrons. The van der Waals surface area contributed by atoms with E-state index in [9.17, 15) is 9.59 Å². The molecule has 2 heterocycles. The van der Waals surface area contributed by atoms with E-state index >= 15 is 0 Å². The summed E-state index contributed by atoms with van der Waals surface area (Å²) in [5, 5.41) is 8.45. The van der Waals surface area contributed by atoms with Crippen LogP contribution in [0.3, 0.4) is 0 Å². The Kier molecular flexibility index (Phi) is 5.41. The van der Waals surface area contributed by atoms with E-state index in [0.717, 1.165) is 47.8 Å². The second-order valence-electron chi connectivity index (χ2n) is 7.42. The third-order valence-electron chi connectivity index (χ3n) is 5.39. The highest BCUT2D eigenvalue weighted by Crippen LogP contribution is 2.38. The topological polar surface area (TPSA) is 81.4 Å². The molecule has 0 aliphatic heterocycles. The Morgan fingerprint density at radius 2 is 1.97 bits per heavy atom. The quantitative estimate of drug-likeness (QED) is 0.612. The van der Waals surface area contributed by atoms with Crippen molar-refractivity contribution in [1.29, 1.82) is 0 Å². The second kappa shape index (κ2) is 7.99. The monoisotopic (exact) mass is 412 g/mol. The number of ether oxygens (including phenoxy) is 1. The maximum atomic E-state index is 12.8. The van der Waals surface area contributed by atoms with Gasteiger partial charge in [-0.3, -0.25) is 4.79 Å². The van der Waals surface area contributed by atoms with Gasteiger partial charge in [-0.2, -0.15) is 0 Å². The summed E-state index contributed by atoms with van der Waals surface area (Å²) in [4.78, 5) is 26.5. The standard InChI is InChI=1S/C22H24N2O4S/c1-4-27-22(26)20-14-7-5-6-8-18(14)29-21(20)23-19(25)11-16-15-9-12(2)13(3)10-17(15)28-24-16/h9-10H,4-8,11H2,1-3H3,(H,23,25). The first-order valence-corrected chi connectivity index (χ1v) is 10.8. The first-order chi connectivity index (χ1) is 14.0. The molecule has 0 spiro atoms. The fraction of sp³-hybridized carbons (Fsp3) is 0.409. The number of aryl methyl sites for hydroxylation is 3. The summed E-state index contributed by atoms with van der Waals surface area (Å²) >= 11 is 1.49. The zero-order valence-corrected chi connectivity index (χ0v) is 17.7. The molecule has 2 aromatic heterocycles. The average molecular weight is 413 g/mol. The lowest BCUT2D eigenvalue weighted by atomic mass is 9.95. The minimum Gasteiger partial charge on any atom is -0.462 e. The van der Waals surface area contributed by atoms with Crippen molar-refractivity contribution in [2.24, 2.45) is 0 Å². The normalized spacial score (nSPS) is 13.3. The van der Waals surface area contributed by atoms with Crippen LogP contribution in [0, 0.1) is 13.8 Å². The van der Waals surface area contributed by atoms with E-state index in [1.54, 1.807) is 6.92 Å². The van der Waals surface area contributed by atoms with E-state index in [0.29, 0.717) is 28.4 Å². The fourth-order valence-corrected chi connectivity index (χ4v) is 5.06. The van der Waals surface area contributed by atoms with E-state index in [-0.39, 0.29) is 18.3 Å². The van der Waals surface area contributed by atoms with Crippen molar-refractivity contribution in [2.45, 2.75) is 52.9 Å². The number of hydrogen-bond donors (Lipinski definition) is 1. The Balaban J connectivity index is 1.60. The van der Waals surface area contributed by atoms with E-state index in [4.69, 9.17) is 9.26 Å². The Hall–Kier alpha value is -2.67. The van der Waals surface area contributed by atoms with Gasteiger partial charge in [0.2, 0.25) is 5.91 Å². The van der Waals surface area contributed by atoms with E-state index in [1.165, 1.54) is 16.2 Å². The lowest BCUT2D eigenvalue weighted by Gasteiger charge is -2.12. The van der Waals surface area contributed by atoms with Gasteiger partial charge >= 0.3 is 5.97 Å². The van der Waals surface area contributed by atoms with Crippen LogP contribution in [0.4, 0.5) is 5.00 Å². The third-order valence-corrected chi connectivity index (χ3v) is 6.60. The number of nitrogens with zero attached hydrogens (tertiary/aromatic N) is 1. The summed E-state index contributed by atoms with van der Waals surface area (Å²) in [5.41, 5.74) is 5.07. The summed E-state index contributed by atoms with van der Waals surface area (Å²) in [6, 6.07) is 3.93. The number of anilines is 1. The molecule has 1 amide bonds. The first kappa shape index (κ1) is 19.6. The molecule has 1 aromatic carbocycles. The first-order valence-electron chi connectivity index (χ1n) is 9.95. The number of thiophene rings is 1. The highest BCUT2D eigenvalue weighted by molar-refractivity contribution is 7.17. The van der Waals surface area contributed by atoms with Crippen LogP contribution in [-0.2, 0) is 28.8 Å². The number of carbonyl (C=O) groups excluding carboxylic acids is 2. The number of aromatic nitrogens is 1. The van der Waals surface area contributed by atoms with Crippen molar-refractivity contribution in [3.8, 4) is 0 Å². The summed E-state index contributed by atoms with van der Waals surface area (Å²) in [7, 11) is 0. The van der Waals surface area contributed by atoms with Crippen LogP contribution in [0.15, 0.2) is 16.7 Å². The molecule has 29 heavy (non-hydrogen) atoms. The molecule has 0 saturated heterocycles. The van der Waals surface area contributed by atoms with Crippen LogP contribution in [0.1, 0.15) is 57.4 Å². The van der Waals surface area contributed by atoms with Crippen molar-refractivity contribution in [3.63, 3.8) is 0 Å². The van der Waals surface area contributed by atoms with Crippen LogP contribution in [-0.4, -0.2) is 23.6 Å². The average Bonchev–Trinajstić information content (AvgIpc) is 3.23. The smallest absolute Gasteiger partial charge is 0.341 e. The highest BCUT2D eigenvalue weighted by atomic mass is 32.1. The van der Waals surface area contributed by atoms with Crippen LogP contribution in [0.25, 0.3) is 11.0 Å². The molecular weight excluding hydrogens is 388 g/mol. The van der Waals surface area contributed by atoms with Crippen molar-refractivity contribution in [2.75, 3.05) is 11.9 Å². The van der Waals surface area contributed by atoms with Gasteiger partial charge in [0.15, 0.2) is 5.58 Å². The van der Waals surface area contributed by atoms with Gasteiger partial charge in [0.1, 0.15) is 10.7 Å². The summed E-state index contributed by atoms with van der Waals surface area (Å²) in [5.74, 6) is -0.581. The van der Waals surface area contributed by atoms with E-state index in [2.05, 4.69) is 10.5 Å². The summed E-state index contributed by atoms with van der Waals surface area (Å²) in [6.07, 6.45) is 4.03. The van der Waals surface area contributed by atoms with Gasteiger partial charge in [-0.25, -0.2) is 4.79 Å². The molecule has 0 fully saturated rings. The predicted octanol–water partition coefficient (Wildman–Crippen LogP) is 4.74. The Labute approximate surface area is 173 Å². The van der Waals surface area contributed by atoms with Crippen molar-refractivity contribution >= 4 is 39.2 Å². The molecule has 3 aromatic rings. The molecule has 0 atom stereocenters. The van der Waals surface area contributed by atoms with Gasteiger partial charge in [0, 0.05) is 10.3 Å². The minimum atomic E-state index is -0.361. The van der Waals surface area contributed by atoms with Gasteiger partial charge in [-0.1, -0.05) is 5.16 Å². The molecule has 0 bridgehead atoms. The number of fused-ring (bicyclic) bond motifs is 2. The number of carbonyl (C=O) groups is 2. The number of nitrogens with one attached hydrogen (secondary N) is 1. The zero-order valence-electron chi connectivity index (χ0n) is 16.9. The molecule has 0 radical (unpaired) electrons. The molecular formula is C22H24N2O4S. The van der Waals surface area contributed by atoms with E-state index in [1.807, 2.05) is 26.0 Å². The molecule has 4 rings (SSSR count). The summed E-state index contributed by atoms with van der Waals surface area (Å²) in [6.45, 7) is 6.13. The van der Waals surface area contributed by atoms with Gasteiger partial charge < -0.3 is 14.6 Å². The fourth-order valence-electron chi connectivity index (χ4n) is 3.77. The number of rotatable bonds is 5. The molecule has 1 N–H and O–H groups in total. The highest BCUT2D eigenvalue weighted by Gasteiger charge is 2.27. The Morgan fingerprint density at radius 1 is 1.21 bits per heavy atom. The molecule has 1 aliphatic rings. The number of esters is 1. The van der Waals surface area contributed by atoms with Crippen LogP contribution in [0.2, 0.25) is 0 Å².